The molecule has 0 aliphatic carbocycles. The van der Waals surface area contributed by atoms with Crippen LogP contribution in [0, 0.1) is 0 Å². The molecule has 0 atom stereocenters. The van der Waals surface area contributed by atoms with Crippen molar-refractivity contribution in [2.45, 2.75) is 26.1 Å². The maximum absolute atomic E-state index is 12.5. The number of aryl methyl sites for hydroxylation is 1. The first kappa shape index (κ1) is 15.1. The third kappa shape index (κ3) is 3.12. The highest BCUT2D eigenvalue weighted by molar-refractivity contribution is 5.92. The minimum atomic E-state index is 0.0372. The Labute approximate surface area is 142 Å². The molecular weight excluding hydrogens is 300 g/mol. The maximum atomic E-state index is 12.5. The average Bonchev–Trinajstić information content (AvgIpc) is 3.23. The molecule has 4 rings (SSSR count). The van der Waals surface area contributed by atoms with E-state index in [1.165, 1.54) is 5.56 Å². The number of carbonyl (C=O) groups excluding carboxylic acids is 1. The molecular formula is C19H22N4O. The summed E-state index contributed by atoms with van der Waals surface area (Å²) in [6.07, 6.45) is 5.11. The molecule has 0 fully saturated rings. The Morgan fingerprint density at radius 2 is 1.88 bits per heavy atom. The van der Waals surface area contributed by atoms with Crippen LogP contribution in [0.3, 0.4) is 0 Å². The highest BCUT2D eigenvalue weighted by Crippen LogP contribution is 2.17. The third-order valence-corrected chi connectivity index (χ3v) is 4.67. The van der Waals surface area contributed by atoms with Crippen LogP contribution in [0.1, 0.15) is 28.2 Å². The first-order chi connectivity index (χ1) is 11.8. The van der Waals surface area contributed by atoms with Crippen molar-refractivity contribution < 1.29 is 4.79 Å². The number of rotatable bonds is 3. The summed E-state index contributed by atoms with van der Waals surface area (Å²) >= 11 is 0. The Morgan fingerprint density at radius 3 is 2.67 bits per heavy atom. The van der Waals surface area contributed by atoms with Gasteiger partial charge >= 0.3 is 0 Å². The fourth-order valence-corrected chi connectivity index (χ4v) is 3.42. The molecule has 124 valence electrons. The molecule has 0 saturated heterocycles. The largest absolute Gasteiger partial charge is 0.330 e. The number of fused-ring (bicyclic) bond motifs is 1. The average molecular weight is 322 g/mol. The minimum Gasteiger partial charge on any atom is -0.330 e. The van der Waals surface area contributed by atoms with Gasteiger partial charge in [0.1, 0.15) is 0 Å². The van der Waals surface area contributed by atoms with E-state index < -0.39 is 0 Å². The monoisotopic (exact) mass is 322 g/mol. The first-order valence-corrected chi connectivity index (χ1v) is 8.57. The smallest absolute Gasteiger partial charge is 0.274 e. The van der Waals surface area contributed by atoms with Crippen molar-refractivity contribution in [1.82, 2.24) is 19.6 Å². The van der Waals surface area contributed by atoms with Crippen LogP contribution in [0.2, 0.25) is 0 Å². The van der Waals surface area contributed by atoms with E-state index in [1.807, 2.05) is 33.9 Å². The van der Waals surface area contributed by atoms with Gasteiger partial charge in [-0.1, -0.05) is 42.5 Å². The van der Waals surface area contributed by atoms with E-state index in [1.54, 1.807) is 0 Å². The standard InChI is InChI=1S/C19H22N4O/c24-19(22-10-4-5-11-22)18-13-17-15-21(9-6-12-23(17)20-18)14-16-7-2-1-3-8-16/h1-5,7-8,13H,6,9-12,14-15H2. The van der Waals surface area contributed by atoms with Crippen LogP contribution in [0.5, 0.6) is 0 Å². The summed E-state index contributed by atoms with van der Waals surface area (Å²) in [6, 6.07) is 12.5. The first-order valence-electron chi connectivity index (χ1n) is 8.57. The number of amides is 1. The van der Waals surface area contributed by atoms with Gasteiger partial charge in [-0.25, -0.2) is 0 Å². The van der Waals surface area contributed by atoms with Crippen molar-refractivity contribution in [1.29, 1.82) is 0 Å². The van der Waals surface area contributed by atoms with Gasteiger partial charge in [-0.05, 0) is 18.1 Å². The summed E-state index contributed by atoms with van der Waals surface area (Å²) < 4.78 is 2.02. The van der Waals surface area contributed by atoms with Gasteiger partial charge in [0.2, 0.25) is 0 Å². The van der Waals surface area contributed by atoms with E-state index in [4.69, 9.17) is 0 Å². The minimum absolute atomic E-state index is 0.0372. The summed E-state index contributed by atoms with van der Waals surface area (Å²) in [7, 11) is 0. The number of aromatic nitrogens is 2. The van der Waals surface area contributed by atoms with E-state index in [2.05, 4.69) is 34.3 Å². The molecule has 5 nitrogen and oxygen atoms in total. The van der Waals surface area contributed by atoms with E-state index in [9.17, 15) is 4.79 Å². The van der Waals surface area contributed by atoms with Gasteiger partial charge in [-0.3, -0.25) is 14.4 Å². The number of benzene rings is 1. The van der Waals surface area contributed by atoms with Crippen LogP contribution in [-0.2, 0) is 19.6 Å². The van der Waals surface area contributed by atoms with E-state index in [0.29, 0.717) is 18.8 Å². The molecule has 2 aliphatic rings. The molecule has 0 radical (unpaired) electrons. The second kappa shape index (κ2) is 6.61. The van der Waals surface area contributed by atoms with Crippen molar-refractivity contribution in [3.8, 4) is 0 Å². The molecule has 1 amide bonds. The highest BCUT2D eigenvalue weighted by Gasteiger charge is 2.23. The zero-order valence-corrected chi connectivity index (χ0v) is 13.8. The lowest BCUT2D eigenvalue weighted by Crippen LogP contribution is -2.28. The zero-order valence-electron chi connectivity index (χ0n) is 13.8. The molecule has 0 spiro atoms. The second-order valence-electron chi connectivity index (χ2n) is 6.48. The Balaban J connectivity index is 1.49. The summed E-state index contributed by atoms with van der Waals surface area (Å²) in [6.45, 7) is 5.10. The Hall–Kier alpha value is -2.40. The van der Waals surface area contributed by atoms with Crippen LogP contribution < -0.4 is 0 Å². The van der Waals surface area contributed by atoms with Crippen molar-refractivity contribution in [2.75, 3.05) is 19.6 Å². The lowest BCUT2D eigenvalue weighted by atomic mass is 10.2. The van der Waals surface area contributed by atoms with Crippen LogP contribution in [0.25, 0.3) is 0 Å². The normalized spacial score (nSPS) is 17.8. The van der Waals surface area contributed by atoms with Gasteiger partial charge in [0.15, 0.2) is 5.69 Å². The number of nitrogens with zero attached hydrogens (tertiary/aromatic N) is 4. The van der Waals surface area contributed by atoms with Crippen molar-refractivity contribution in [3.63, 3.8) is 0 Å². The number of hydrogen-bond acceptors (Lipinski definition) is 3. The lowest BCUT2D eigenvalue weighted by Gasteiger charge is -2.19. The molecule has 3 heterocycles. The van der Waals surface area contributed by atoms with Crippen LogP contribution >= 0.6 is 0 Å². The van der Waals surface area contributed by atoms with Gasteiger partial charge < -0.3 is 4.90 Å². The third-order valence-electron chi connectivity index (χ3n) is 4.67. The van der Waals surface area contributed by atoms with Gasteiger partial charge in [-0.2, -0.15) is 5.10 Å². The van der Waals surface area contributed by atoms with Gasteiger partial charge in [-0.15, -0.1) is 0 Å². The fraction of sp³-hybridized carbons (Fsp3) is 0.368. The second-order valence-corrected chi connectivity index (χ2v) is 6.48. The Kier molecular flexibility index (Phi) is 4.17. The van der Waals surface area contributed by atoms with Crippen molar-refractivity contribution >= 4 is 5.91 Å². The predicted octanol–water partition coefficient (Wildman–Crippen LogP) is 2.30. The molecule has 5 heteroatoms. The Bertz CT molecular complexity index is 742. The van der Waals surface area contributed by atoms with Crippen molar-refractivity contribution in [3.05, 3.63) is 65.5 Å². The van der Waals surface area contributed by atoms with Crippen LogP contribution in [0.15, 0.2) is 48.6 Å². The molecule has 0 unspecified atom stereocenters. The molecule has 1 aromatic carbocycles. The summed E-state index contributed by atoms with van der Waals surface area (Å²) in [5, 5.41) is 4.57. The summed E-state index contributed by atoms with van der Waals surface area (Å²) in [4.78, 5) is 16.8. The number of hydrogen-bond donors (Lipinski definition) is 0. The highest BCUT2D eigenvalue weighted by atomic mass is 16.2. The van der Waals surface area contributed by atoms with E-state index in [0.717, 1.165) is 38.3 Å². The van der Waals surface area contributed by atoms with Crippen molar-refractivity contribution in [2.24, 2.45) is 0 Å². The maximum Gasteiger partial charge on any atom is 0.274 e. The van der Waals surface area contributed by atoms with E-state index in [-0.39, 0.29) is 5.91 Å². The fourth-order valence-electron chi connectivity index (χ4n) is 3.42. The zero-order chi connectivity index (χ0) is 16.4. The van der Waals surface area contributed by atoms with Gasteiger partial charge in [0.05, 0.1) is 5.69 Å². The van der Waals surface area contributed by atoms with E-state index >= 15 is 0 Å². The predicted molar refractivity (Wildman–Crippen MR) is 92.4 cm³/mol. The molecule has 0 N–H and O–H groups in total. The molecule has 2 aliphatic heterocycles. The van der Waals surface area contributed by atoms with Gasteiger partial charge in [0.25, 0.3) is 5.91 Å². The van der Waals surface area contributed by atoms with Crippen LogP contribution in [0.4, 0.5) is 0 Å². The topological polar surface area (TPSA) is 41.4 Å². The molecule has 1 aromatic heterocycles. The van der Waals surface area contributed by atoms with Gasteiger partial charge in [0, 0.05) is 39.3 Å². The summed E-state index contributed by atoms with van der Waals surface area (Å²) in [5.74, 6) is 0.0372. The SMILES string of the molecule is O=C(c1cc2n(n1)CCCN(Cc1ccccc1)C2)N1CC=CC1. The quantitative estimate of drug-likeness (QED) is 0.814. The Morgan fingerprint density at radius 1 is 1.08 bits per heavy atom. The molecule has 24 heavy (non-hydrogen) atoms. The number of carbonyl (C=O) groups is 1. The van der Waals surface area contributed by atoms with Crippen LogP contribution in [-0.4, -0.2) is 45.1 Å². The molecule has 2 aromatic rings. The summed E-state index contributed by atoms with van der Waals surface area (Å²) in [5.41, 5.74) is 3.04. The molecule has 0 saturated carbocycles. The molecule has 0 bridgehead atoms. The lowest BCUT2D eigenvalue weighted by molar-refractivity contribution is 0.0793.